The Hall–Kier alpha value is -0.830. The van der Waals surface area contributed by atoms with Crippen LogP contribution in [0.3, 0.4) is 0 Å². The smallest absolute Gasteiger partial charge is 0.306 e. The molecule has 1 rings (SSSR count). The van der Waals surface area contributed by atoms with E-state index in [0.717, 1.165) is 18.4 Å². The molecular formula is C11H18O3. The first-order valence-corrected chi connectivity index (χ1v) is 4.98. The van der Waals surface area contributed by atoms with E-state index in [1.54, 1.807) is 0 Å². The minimum absolute atomic E-state index is 0.0752. The molecule has 14 heavy (non-hydrogen) atoms. The van der Waals surface area contributed by atoms with E-state index in [4.69, 9.17) is 0 Å². The van der Waals surface area contributed by atoms with Gasteiger partial charge in [-0.15, -0.1) is 0 Å². The molecule has 1 aliphatic rings. The highest BCUT2D eigenvalue weighted by molar-refractivity contribution is 5.70. The summed E-state index contributed by atoms with van der Waals surface area (Å²) < 4.78 is 4.62. The van der Waals surface area contributed by atoms with Gasteiger partial charge in [-0.05, 0) is 24.7 Å². The van der Waals surface area contributed by atoms with Crippen LogP contribution in [-0.2, 0) is 9.53 Å². The second-order valence-corrected chi connectivity index (χ2v) is 4.01. The fourth-order valence-corrected chi connectivity index (χ4v) is 2.01. The van der Waals surface area contributed by atoms with Crippen LogP contribution in [0, 0.1) is 11.8 Å². The van der Waals surface area contributed by atoms with Crippen molar-refractivity contribution in [2.45, 2.75) is 32.3 Å². The topological polar surface area (TPSA) is 46.5 Å². The van der Waals surface area contributed by atoms with E-state index >= 15 is 0 Å². The first-order valence-electron chi connectivity index (χ1n) is 4.98. The average molecular weight is 198 g/mol. The molecule has 1 aliphatic carbocycles. The highest BCUT2D eigenvalue weighted by atomic mass is 16.5. The maximum absolute atomic E-state index is 11.1. The third-order valence-electron chi connectivity index (χ3n) is 3.14. The maximum atomic E-state index is 11.1. The third-order valence-corrected chi connectivity index (χ3v) is 3.14. The van der Waals surface area contributed by atoms with Gasteiger partial charge in [0.15, 0.2) is 0 Å². The Labute approximate surface area is 84.8 Å². The fourth-order valence-electron chi connectivity index (χ4n) is 2.01. The summed E-state index contributed by atoms with van der Waals surface area (Å²) in [5, 5.41) is 9.66. The molecule has 0 heterocycles. The van der Waals surface area contributed by atoms with Gasteiger partial charge in [0, 0.05) is 0 Å². The number of esters is 1. The normalized spacial score (nSPS) is 32.8. The molecule has 1 saturated carbocycles. The van der Waals surface area contributed by atoms with E-state index in [0.29, 0.717) is 6.42 Å². The third kappa shape index (κ3) is 2.35. The van der Waals surface area contributed by atoms with Crippen LogP contribution in [0.4, 0.5) is 0 Å². The van der Waals surface area contributed by atoms with Crippen LogP contribution < -0.4 is 0 Å². The second-order valence-electron chi connectivity index (χ2n) is 4.01. The Bertz CT molecular complexity index is 235. The number of hydrogen-bond acceptors (Lipinski definition) is 3. The first-order chi connectivity index (χ1) is 6.56. The van der Waals surface area contributed by atoms with Crippen LogP contribution >= 0.6 is 0 Å². The number of rotatable bonds is 2. The Morgan fingerprint density at radius 3 is 2.93 bits per heavy atom. The number of hydrogen-bond donors (Lipinski definition) is 1. The maximum Gasteiger partial charge on any atom is 0.306 e. The molecule has 0 aromatic rings. The van der Waals surface area contributed by atoms with Crippen molar-refractivity contribution in [3.63, 3.8) is 0 Å². The first kappa shape index (κ1) is 11.2. The Morgan fingerprint density at radius 1 is 1.71 bits per heavy atom. The molecule has 1 fully saturated rings. The molecule has 0 aromatic carbocycles. The van der Waals surface area contributed by atoms with E-state index in [1.807, 2.05) is 6.92 Å². The number of allylic oxidation sites excluding steroid dienone is 1. The predicted octanol–water partition coefficient (Wildman–Crippen LogP) is 1.51. The van der Waals surface area contributed by atoms with Crippen LogP contribution in [0.5, 0.6) is 0 Å². The minimum atomic E-state index is -0.310. The summed E-state index contributed by atoms with van der Waals surface area (Å²) in [5.41, 5.74) is 1.06. The molecule has 3 heteroatoms. The van der Waals surface area contributed by atoms with E-state index in [-0.39, 0.29) is 23.9 Å². The molecule has 0 amide bonds. The van der Waals surface area contributed by atoms with Gasteiger partial charge in [-0.3, -0.25) is 4.79 Å². The molecule has 0 aromatic heterocycles. The van der Waals surface area contributed by atoms with Crippen molar-refractivity contribution >= 4 is 5.97 Å². The summed E-state index contributed by atoms with van der Waals surface area (Å²) in [6.45, 7) is 5.91. The van der Waals surface area contributed by atoms with Crippen LogP contribution in [0.2, 0.25) is 0 Å². The van der Waals surface area contributed by atoms with E-state index in [9.17, 15) is 9.90 Å². The Balaban J connectivity index is 2.63. The molecule has 0 saturated heterocycles. The highest BCUT2D eigenvalue weighted by Crippen LogP contribution is 2.35. The molecule has 0 spiro atoms. The number of aliphatic hydroxyl groups is 1. The SMILES string of the molecule is C=C1CCC(O)C(C)C1CC(=O)OC. The van der Waals surface area contributed by atoms with E-state index in [2.05, 4.69) is 11.3 Å². The summed E-state index contributed by atoms with van der Waals surface area (Å²) in [6, 6.07) is 0. The van der Waals surface area contributed by atoms with Gasteiger partial charge in [-0.25, -0.2) is 0 Å². The Kier molecular flexibility index (Phi) is 3.69. The van der Waals surface area contributed by atoms with Crippen molar-refractivity contribution in [2.24, 2.45) is 11.8 Å². The molecule has 0 aliphatic heterocycles. The lowest BCUT2D eigenvalue weighted by molar-refractivity contribution is -0.142. The lowest BCUT2D eigenvalue weighted by Crippen LogP contribution is -2.33. The predicted molar refractivity (Wildman–Crippen MR) is 53.7 cm³/mol. The van der Waals surface area contributed by atoms with Crippen LogP contribution in [0.15, 0.2) is 12.2 Å². The van der Waals surface area contributed by atoms with Crippen molar-refractivity contribution < 1.29 is 14.6 Å². The quantitative estimate of drug-likeness (QED) is 0.540. The zero-order valence-corrected chi connectivity index (χ0v) is 8.82. The van der Waals surface area contributed by atoms with Gasteiger partial charge in [0.25, 0.3) is 0 Å². The van der Waals surface area contributed by atoms with Gasteiger partial charge in [0.1, 0.15) is 0 Å². The van der Waals surface area contributed by atoms with Crippen LogP contribution in [0.1, 0.15) is 26.2 Å². The highest BCUT2D eigenvalue weighted by Gasteiger charge is 2.32. The summed E-state index contributed by atoms with van der Waals surface area (Å²) in [4.78, 5) is 11.1. The van der Waals surface area contributed by atoms with E-state index in [1.165, 1.54) is 7.11 Å². The molecule has 3 nitrogen and oxygen atoms in total. The van der Waals surface area contributed by atoms with Crippen molar-refractivity contribution in [3.8, 4) is 0 Å². The lowest BCUT2D eigenvalue weighted by Gasteiger charge is -2.34. The largest absolute Gasteiger partial charge is 0.469 e. The summed E-state index contributed by atoms with van der Waals surface area (Å²) in [5.74, 6) is -0.0429. The zero-order valence-electron chi connectivity index (χ0n) is 8.82. The summed E-state index contributed by atoms with van der Waals surface area (Å²) >= 11 is 0. The van der Waals surface area contributed by atoms with Gasteiger partial charge in [-0.2, -0.15) is 0 Å². The van der Waals surface area contributed by atoms with Crippen molar-refractivity contribution in [1.29, 1.82) is 0 Å². The Morgan fingerprint density at radius 2 is 2.36 bits per heavy atom. The molecule has 80 valence electrons. The van der Waals surface area contributed by atoms with Gasteiger partial charge < -0.3 is 9.84 Å². The van der Waals surface area contributed by atoms with Crippen LogP contribution in [-0.4, -0.2) is 24.3 Å². The molecule has 3 unspecified atom stereocenters. The zero-order chi connectivity index (χ0) is 10.7. The van der Waals surface area contributed by atoms with Gasteiger partial charge in [0.05, 0.1) is 19.6 Å². The summed E-state index contributed by atoms with van der Waals surface area (Å²) in [6.07, 6.45) is 1.61. The van der Waals surface area contributed by atoms with Crippen molar-refractivity contribution in [2.75, 3.05) is 7.11 Å². The molecular weight excluding hydrogens is 180 g/mol. The minimum Gasteiger partial charge on any atom is -0.469 e. The fraction of sp³-hybridized carbons (Fsp3) is 0.727. The van der Waals surface area contributed by atoms with Crippen LogP contribution in [0.25, 0.3) is 0 Å². The lowest BCUT2D eigenvalue weighted by atomic mass is 9.74. The summed E-state index contributed by atoms with van der Waals surface area (Å²) in [7, 11) is 1.38. The second kappa shape index (κ2) is 4.60. The standard InChI is InChI=1S/C11H18O3/c1-7-4-5-10(12)8(2)9(7)6-11(13)14-3/h8-10,12H,1,4-6H2,2-3H3. The number of aliphatic hydroxyl groups excluding tert-OH is 1. The molecule has 1 N–H and O–H groups in total. The molecule has 0 radical (unpaired) electrons. The van der Waals surface area contributed by atoms with Gasteiger partial charge >= 0.3 is 5.97 Å². The monoisotopic (exact) mass is 198 g/mol. The van der Waals surface area contributed by atoms with Crippen molar-refractivity contribution in [1.82, 2.24) is 0 Å². The van der Waals surface area contributed by atoms with Gasteiger partial charge in [-0.1, -0.05) is 19.1 Å². The number of carbonyl (C=O) groups excluding carboxylic acids is 1. The number of methoxy groups -OCH3 is 1. The van der Waals surface area contributed by atoms with E-state index < -0.39 is 0 Å². The average Bonchev–Trinajstić information content (AvgIpc) is 2.18. The van der Waals surface area contributed by atoms with Crippen molar-refractivity contribution in [3.05, 3.63) is 12.2 Å². The van der Waals surface area contributed by atoms with Gasteiger partial charge in [0.2, 0.25) is 0 Å². The molecule has 0 bridgehead atoms. The number of carbonyl (C=O) groups is 1. The molecule has 3 atom stereocenters. The number of ether oxygens (including phenoxy) is 1.